The zero-order valence-electron chi connectivity index (χ0n) is 16.5. The van der Waals surface area contributed by atoms with Gasteiger partial charge in [0.1, 0.15) is 4.83 Å². The molecule has 4 aromatic rings. The topological polar surface area (TPSA) is 60.2 Å². The second-order valence-electron chi connectivity index (χ2n) is 7.49. The SMILES string of the molecule is CSc1nc2sc3c(c2c2nnc(SCC(=O)c4ccc(Br)cc4)n12)CC[C@H](C)C3. The molecule has 3 aromatic heterocycles. The Morgan fingerprint density at radius 1 is 1.27 bits per heavy atom. The van der Waals surface area contributed by atoms with E-state index in [4.69, 9.17) is 4.98 Å². The van der Waals surface area contributed by atoms with Gasteiger partial charge in [0.15, 0.2) is 21.7 Å². The number of nitrogens with zero attached hydrogens (tertiary/aromatic N) is 4. The van der Waals surface area contributed by atoms with Crippen molar-refractivity contribution in [3.8, 4) is 0 Å². The second kappa shape index (κ2) is 8.26. The Morgan fingerprint density at radius 3 is 2.83 bits per heavy atom. The minimum absolute atomic E-state index is 0.0749. The number of halogens is 1. The third kappa shape index (κ3) is 3.59. The number of fused-ring (bicyclic) bond motifs is 5. The highest BCUT2D eigenvalue weighted by Crippen LogP contribution is 2.40. The number of carbonyl (C=O) groups excluding carboxylic acids is 1. The number of Topliss-reactive ketones (excluding diaryl/α,β-unsaturated/α-hetero) is 1. The summed E-state index contributed by atoms with van der Waals surface area (Å²) in [5, 5.41) is 11.7. The number of ketones is 1. The Kier molecular flexibility index (Phi) is 5.64. The average molecular weight is 520 g/mol. The molecule has 1 atom stereocenters. The molecule has 0 unspecified atom stereocenters. The fourth-order valence-corrected chi connectivity index (χ4v) is 6.99. The Labute approximate surface area is 195 Å². The summed E-state index contributed by atoms with van der Waals surface area (Å²) in [7, 11) is 0. The van der Waals surface area contributed by atoms with Crippen molar-refractivity contribution in [2.75, 3.05) is 12.0 Å². The van der Waals surface area contributed by atoms with Crippen LogP contribution in [0.15, 0.2) is 39.1 Å². The largest absolute Gasteiger partial charge is 0.293 e. The highest BCUT2D eigenvalue weighted by molar-refractivity contribution is 9.10. The molecule has 0 bridgehead atoms. The summed E-state index contributed by atoms with van der Waals surface area (Å²) in [6.45, 7) is 2.32. The molecule has 0 spiro atoms. The van der Waals surface area contributed by atoms with E-state index in [9.17, 15) is 4.79 Å². The molecule has 1 aromatic carbocycles. The van der Waals surface area contributed by atoms with Gasteiger partial charge in [-0.15, -0.1) is 21.5 Å². The molecule has 0 radical (unpaired) electrons. The van der Waals surface area contributed by atoms with Gasteiger partial charge in [0, 0.05) is 14.9 Å². The first-order chi connectivity index (χ1) is 14.5. The number of aromatic nitrogens is 4. The van der Waals surface area contributed by atoms with Crippen LogP contribution in [0.3, 0.4) is 0 Å². The van der Waals surface area contributed by atoms with Crippen LogP contribution in [0, 0.1) is 5.92 Å². The monoisotopic (exact) mass is 518 g/mol. The summed E-state index contributed by atoms with van der Waals surface area (Å²) in [5.41, 5.74) is 2.97. The first kappa shape index (κ1) is 20.5. The molecule has 3 heterocycles. The van der Waals surface area contributed by atoms with Gasteiger partial charge in [0.05, 0.1) is 11.1 Å². The average Bonchev–Trinajstić information content (AvgIpc) is 3.32. The second-order valence-corrected chi connectivity index (χ2v) is 11.2. The third-order valence-electron chi connectivity index (χ3n) is 5.42. The van der Waals surface area contributed by atoms with Gasteiger partial charge in [0.2, 0.25) is 0 Å². The van der Waals surface area contributed by atoms with Crippen molar-refractivity contribution in [2.24, 2.45) is 5.92 Å². The number of benzene rings is 1. The molecule has 0 aliphatic heterocycles. The van der Waals surface area contributed by atoms with Crippen molar-refractivity contribution < 1.29 is 4.79 Å². The fourth-order valence-electron chi connectivity index (χ4n) is 3.87. The lowest BCUT2D eigenvalue weighted by atomic mass is 9.89. The van der Waals surface area contributed by atoms with Gasteiger partial charge >= 0.3 is 0 Å². The predicted octanol–water partition coefficient (Wildman–Crippen LogP) is 5.92. The molecule has 154 valence electrons. The maximum absolute atomic E-state index is 12.6. The van der Waals surface area contributed by atoms with Crippen LogP contribution in [-0.4, -0.2) is 37.4 Å². The molecule has 1 aliphatic carbocycles. The minimum atomic E-state index is 0.0749. The van der Waals surface area contributed by atoms with Gasteiger partial charge in [-0.2, -0.15) is 0 Å². The van der Waals surface area contributed by atoms with Crippen LogP contribution >= 0.6 is 50.8 Å². The van der Waals surface area contributed by atoms with Gasteiger partial charge in [-0.25, -0.2) is 9.38 Å². The molecule has 5 rings (SSSR count). The lowest BCUT2D eigenvalue weighted by Gasteiger charge is -2.17. The van der Waals surface area contributed by atoms with Gasteiger partial charge in [0.25, 0.3) is 0 Å². The molecule has 0 saturated heterocycles. The summed E-state index contributed by atoms with van der Waals surface area (Å²) < 4.78 is 2.99. The molecule has 0 amide bonds. The smallest absolute Gasteiger partial charge is 0.198 e. The minimum Gasteiger partial charge on any atom is -0.293 e. The molecule has 0 fully saturated rings. The zero-order valence-corrected chi connectivity index (χ0v) is 20.6. The van der Waals surface area contributed by atoms with Crippen LogP contribution in [0.4, 0.5) is 0 Å². The first-order valence-electron chi connectivity index (χ1n) is 9.70. The van der Waals surface area contributed by atoms with Crippen LogP contribution in [0.2, 0.25) is 0 Å². The van der Waals surface area contributed by atoms with Gasteiger partial charge in [-0.1, -0.05) is 58.5 Å². The Balaban J connectivity index is 1.52. The predicted molar refractivity (Wildman–Crippen MR) is 128 cm³/mol. The van der Waals surface area contributed by atoms with Crippen molar-refractivity contribution in [1.82, 2.24) is 19.6 Å². The standard InChI is InChI=1S/C21H19BrN4OS3/c1-11-3-8-14-16(9-11)30-19-17(14)18-24-25-21(26(18)20(23-19)28-2)29-10-15(27)12-4-6-13(22)7-5-12/h4-7,11H,3,8-10H2,1-2H3/t11-/m0/s1. The van der Waals surface area contributed by atoms with Crippen molar-refractivity contribution in [3.63, 3.8) is 0 Å². The molecule has 5 nitrogen and oxygen atoms in total. The Bertz CT molecular complexity index is 1270. The summed E-state index contributed by atoms with van der Waals surface area (Å²) in [4.78, 5) is 20.1. The quantitative estimate of drug-likeness (QED) is 0.185. The molecule has 0 N–H and O–H groups in total. The zero-order chi connectivity index (χ0) is 20.8. The van der Waals surface area contributed by atoms with E-state index in [1.165, 1.54) is 28.6 Å². The van der Waals surface area contributed by atoms with Crippen LogP contribution in [0.25, 0.3) is 15.9 Å². The number of hydrogen-bond donors (Lipinski definition) is 0. The van der Waals surface area contributed by atoms with Gasteiger partial charge in [-0.3, -0.25) is 4.79 Å². The highest BCUT2D eigenvalue weighted by atomic mass is 79.9. The summed E-state index contributed by atoms with van der Waals surface area (Å²) in [5.74, 6) is 1.11. The number of hydrogen-bond acceptors (Lipinski definition) is 7. The first-order valence-corrected chi connectivity index (χ1v) is 13.5. The normalized spacial score (nSPS) is 16.3. The van der Waals surface area contributed by atoms with Crippen molar-refractivity contribution in [1.29, 1.82) is 0 Å². The van der Waals surface area contributed by atoms with E-state index in [2.05, 4.69) is 33.1 Å². The van der Waals surface area contributed by atoms with Crippen molar-refractivity contribution >= 4 is 72.4 Å². The number of rotatable bonds is 5. The van der Waals surface area contributed by atoms with Crippen molar-refractivity contribution in [2.45, 2.75) is 36.5 Å². The van der Waals surface area contributed by atoms with E-state index < -0.39 is 0 Å². The summed E-state index contributed by atoms with van der Waals surface area (Å²) in [6, 6.07) is 7.45. The lowest BCUT2D eigenvalue weighted by molar-refractivity contribution is 0.102. The third-order valence-corrected chi connectivity index (χ3v) is 8.66. The number of carbonyl (C=O) groups is 1. The van der Waals surface area contributed by atoms with E-state index in [-0.39, 0.29) is 5.78 Å². The van der Waals surface area contributed by atoms with E-state index in [1.807, 2.05) is 34.9 Å². The maximum Gasteiger partial charge on any atom is 0.198 e. The van der Waals surface area contributed by atoms with E-state index in [0.717, 1.165) is 49.4 Å². The highest BCUT2D eigenvalue weighted by Gasteiger charge is 2.25. The lowest BCUT2D eigenvalue weighted by Crippen LogP contribution is -2.08. The van der Waals surface area contributed by atoms with Crippen LogP contribution in [0.5, 0.6) is 0 Å². The Morgan fingerprint density at radius 2 is 2.07 bits per heavy atom. The number of thiophene rings is 1. The molecule has 0 saturated carbocycles. The molecular formula is C21H19BrN4OS3. The summed E-state index contributed by atoms with van der Waals surface area (Å²) >= 11 is 8.22. The van der Waals surface area contributed by atoms with E-state index in [0.29, 0.717) is 11.3 Å². The van der Waals surface area contributed by atoms with Crippen LogP contribution in [-0.2, 0) is 12.8 Å². The van der Waals surface area contributed by atoms with Crippen LogP contribution in [0.1, 0.15) is 34.1 Å². The molecule has 30 heavy (non-hydrogen) atoms. The fraction of sp³-hybridized carbons (Fsp3) is 0.333. The number of aryl methyl sites for hydroxylation is 1. The molecule has 9 heteroatoms. The van der Waals surface area contributed by atoms with Crippen LogP contribution < -0.4 is 0 Å². The van der Waals surface area contributed by atoms with E-state index >= 15 is 0 Å². The molecular weight excluding hydrogens is 500 g/mol. The number of thioether (sulfide) groups is 2. The maximum atomic E-state index is 12.6. The van der Waals surface area contributed by atoms with Crippen molar-refractivity contribution in [3.05, 3.63) is 44.7 Å². The van der Waals surface area contributed by atoms with Gasteiger partial charge in [-0.05, 0) is 49.1 Å². The molecule has 1 aliphatic rings. The Hall–Kier alpha value is -1.42. The summed E-state index contributed by atoms with van der Waals surface area (Å²) in [6.07, 6.45) is 5.41. The van der Waals surface area contributed by atoms with E-state index in [1.54, 1.807) is 23.1 Å². The van der Waals surface area contributed by atoms with Gasteiger partial charge < -0.3 is 0 Å².